The smallest absolute Gasteiger partial charge is 0.0457 e. The van der Waals surface area contributed by atoms with Gasteiger partial charge in [-0.3, -0.25) is 0 Å². The molecule has 76 valence electrons. The highest BCUT2D eigenvalue weighted by molar-refractivity contribution is 5.79. The molecule has 0 aromatic heterocycles. The first-order chi connectivity index (χ1) is 6.61. The summed E-state index contributed by atoms with van der Waals surface area (Å²) in [6, 6.07) is 0. The highest BCUT2D eigenvalue weighted by Gasteiger charge is 2.41. The third-order valence-corrected chi connectivity index (χ3v) is 3.29. The third kappa shape index (κ3) is 1.22. The Bertz CT molecular complexity index is 277. The van der Waals surface area contributed by atoms with Crippen LogP contribution in [0.2, 0.25) is 0 Å². The second-order valence-electron chi connectivity index (χ2n) is 3.98. The first-order valence-corrected chi connectivity index (χ1v) is 4.71. The first kappa shape index (κ1) is 9.24. The number of carboxylic acids is 2. The topological polar surface area (TPSA) is 80.3 Å². The SMILES string of the molecule is O=C([O-])[C@@H]1[C@H](C(=O)[O-])[C@@H]2C=C[C@@H]1CC2. The predicted octanol–water partition coefficient (Wildman–Crippen LogP) is -1.69. The molecule has 4 atom stereocenters. The molecule has 0 amide bonds. The molecule has 0 radical (unpaired) electrons. The molecule has 14 heavy (non-hydrogen) atoms. The summed E-state index contributed by atoms with van der Waals surface area (Å²) < 4.78 is 0. The lowest BCUT2D eigenvalue weighted by atomic mass is 9.62. The lowest BCUT2D eigenvalue weighted by Gasteiger charge is -2.45. The van der Waals surface area contributed by atoms with Gasteiger partial charge in [0.2, 0.25) is 0 Å². The van der Waals surface area contributed by atoms with Crippen molar-refractivity contribution in [1.29, 1.82) is 0 Å². The lowest BCUT2D eigenvalue weighted by molar-refractivity contribution is -0.331. The van der Waals surface area contributed by atoms with E-state index in [1.807, 2.05) is 0 Å². The number of allylic oxidation sites excluding steroid dienone is 2. The van der Waals surface area contributed by atoms with Crippen LogP contribution >= 0.6 is 0 Å². The van der Waals surface area contributed by atoms with E-state index in [2.05, 4.69) is 0 Å². The predicted molar refractivity (Wildman–Crippen MR) is 42.3 cm³/mol. The van der Waals surface area contributed by atoms with Gasteiger partial charge in [0.1, 0.15) is 0 Å². The number of hydrogen-bond acceptors (Lipinski definition) is 4. The normalized spacial score (nSPS) is 39.7. The Morgan fingerprint density at radius 2 is 1.29 bits per heavy atom. The second-order valence-corrected chi connectivity index (χ2v) is 3.98. The molecule has 0 aromatic rings. The number of hydrogen-bond donors (Lipinski definition) is 0. The molecule has 1 fully saturated rings. The van der Waals surface area contributed by atoms with Crippen LogP contribution in [0.3, 0.4) is 0 Å². The van der Waals surface area contributed by atoms with E-state index in [1.54, 1.807) is 12.2 Å². The molecule has 4 heteroatoms. The summed E-state index contributed by atoms with van der Waals surface area (Å²) in [5.41, 5.74) is 0. The Hall–Kier alpha value is -1.32. The summed E-state index contributed by atoms with van der Waals surface area (Å²) in [6.07, 6.45) is 5.08. The molecular formula is C10H10O4-2. The average molecular weight is 194 g/mol. The Morgan fingerprint density at radius 3 is 1.50 bits per heavy atom. The van der Waals surface area contributed by atoms with Crippen LogP contribution in [0.25, 0.3) is 0 Å². The standard InChI is InChI=1S/C10H12O4/c11-9(12)7-5-1-2-6(4-3-5)8(7)10(13)14/h1-2,5-8H,3-4H2,(H,11,12)(H,13,14)/p-2/t5-,6-,7-,8+/m1/s1. The van der Waals surface area contributed by atoms with E-state index >= 15 is 0 Å². The van der Waals surface area contributed by atoms with Gasteiger partial charge in [-0.05, 0) is 24.7 Å². The van der Waals surface area contributed by atoms with Gasteiger partial charge in [0, 0.05) is 23.8 Å². The van der Waals surface area contributed by atoms with Crippen LogP contribution in [-0.4, -0.2) is 11.9 Å². The van der Waals surface area contributed by atoms with Gasteiger partial charge in [-0.1, -0.05) is 12.2 Å². The van der Waals surface area contributed by atoms with Crippen LogP contribution < -0.4 is 10.2 Å². The van der Waals surface area contributed by atoms with Crippen LogP contribution in [0, 0.1) is 23.7 Å². The number of carbonyl (C=O) groups excluding carboxylic acids is 2. The zero-order chi connectivity index (χ0) is 10.3. The summed E-state index contributed by atoms with van der Waals surface area (Å²) >= 11 is 0. The van der Waals surface area contributed by atoms with Gasteiger partial charge in [-0.2, -0.15) is 0 Å². The van der Waals surface area contributed by atoms with Crippen molar-refractivity contribution in [3.63, 3.8) is 0 Å². The van der Waals surface area contributed by atoms with Crippen molar-refractivity contribution in [2.24, 2.45) is 23.7 Å². The van der Waals surface area contributed by atoms with Crippen molar-refractivity contribution in [3.05, 3.63) is 12.2 Å². The minimum Gasteiger partial charge on any atom is -0.550 e. The Labute approximate surface area is 81.2 Å². The van der Waals surface area contributed by atoms with Crippen LogP contribution in [0.1, 0.15) is 12.8 Å². The quantitative estimate of drug-likeness (QED) is 0.491. The minimum absolute atomic E-state index is 0.187. The number of carbonyl (C=O) groups is 2. The van der Waals surface area contributed by atoms with Crippen molar-refractivity contribution in [2.45, 2.75) is 12.8 Å². The van der Waals surface area contributed by atoms with Gasteiger partial charge in [0.25, 0.3) is 0 Å². The van der Waals surface area contributed by atoms with Crippen molar-refractivity contribution in [1.82, 2.24) is 0 Å². The number of aliphatic carboxylic acids is 2. The minimum atomic E-state index is -1.27. The molecule has 3 rings (SSSR count). The van der Waals surface area contributed by atoms with Crippen LogP contribution in [0.15, 0.2) is 12.2 Å². The maximum absolute atomic E-state index is 10.8. The Kier molecular flexibility index (Phi) is 2.06. The van der Waals surface area contributed by atoms with E-state index < -0.39 is 23.8 Å². The van der Waals surface area contributed by atoms with Gasteiger partial charge < -0.3 is 19.8 Å². The summed E-state index contributed by atoms with van der Waals surface area (Å²) in [7, 11) is 0. The highest BCUT2D eigenvalue weighted by Crippen LogP contribution is 2.44. The monoisotopic (exact) mass is 194 g/mol. The molecule has 0 spiro atoms. The van der Waals surface area contributed by atoms with Gasteiger partial charge in [-0.15, -0.1) is 0 Å². The van der Waals surface area contributed by atoms with Crippen molar-refractivity contribution < 1.29 is 19.8 Å². The Morgan fingerprint density at radius 1 is 0.929 bits per heavy atom. The molecule has 0 heterocycles. The summed E-state index contributed by atoms with van der Waals surface area (Å²) in [6.45, 7) is 0. The molecule has 0 saturated heterocycles. The molecule has 3 aliphatic rings. The summed E-state index contributed by atoms with van der Waals surface area (Å²) in [5, 5.41) is 21.6. The first-order valence-electron chi connectivity index (χ1n) is 4.71. The molecule has 0 unspecified atom stereocenters. The fourth-order valence-electron chi connectivity index (χ4n) is 2.64. The Balaban J connectivity index is 2.33. The van der Waals surface area contributed by atoms with Crippen LogP contribution in [0.5, 0.6) is 0 Å². The zero-order valence-electron chi connectivity index (χ0n) is 7.51. The molecule has 3 aliphatic carbocycles. The van der Waals surface area contributed by atoms with Gasteiger partial charge in [0.15, 0.2) is 0 Å². The third-order valence-electron chi connectivity index (χ3n) is 3.29. The van der Waals surface area contributed by atoms with Gasteiger partial charge in [-0.25, -0.2) is 0 Å². The highest BCUT2D eigenvalue weighted by atomic mass is 16.4. The molecule has 1 saturated carbocycles. The zero-order valence-corrected chi connectivity index (χ0v) is 7.51. The molecule has 0 aromatic carbocycles. The van der Waals surface area contributed by atoms with E-state index in [9.17, 15) is 19.8 Å². The number of carboxylic acid groups (broad SMARTS) is 2. The van der Waals surface area contributed by atoms with E-state index in [4.69, 9.17) is 0 Å². The largest absolute Gasteiger partial charge is 0.550 e. The summed E-state index contributed by atoms with van der Waals surface area (Å²) in [5.74, 6) is -4.70. The lowest BCUT2D eigenvalue weighted by Crippen LogP contribution is -2.53. The van der Waals surface area contributed by atoms with Crippen LogP contribution in [-0.2, 0) is 9.59 Å². The van der Waals surface area contributed by atoms with E-state index in [0.717, 1.165) is 12.8 Å². The molecule has 4 nitrogen and oxygen atoms in total. The van der Waals surface area contributed by atoms with Crippen LogP contribution in [0.4, 0.5) is 0 Å². The van der Waals surface area contributed by atoms with E-state index in [0.29, 0.717) is 0 Å². The van der Waals surface area contributed by atoms with Crippen molar-refractivity contribution >= 4 is 11.9 Å². The van der Waals surface area contributed by atoms with Crippen molar-refractivity contribution in [3.8, 4) is 0 Å². The van der Waals surface area contributed by atoms with Gasteiger partial charge >= 0.3 is 0 Å². The fourth-order valence-corrected chi connectivity index (χ4v) is 2.64. The molecule has 2 bridgehead atoms. The fraction of sp³-hybridized carbons (Fsp3) is 0.600. The maximum atomic E-state index is 10.8. The molecular weight excluding hydrogens is 184 g/mol. The van der Waals surface area contributed by atoms with E-state index in [-0.39, 0.29) is 11.8 Å². The average Bonchev–Trinajstić information content (AvgIpc) is 2.17. The maximum Gasteiger partial charge on any atom is 0.0457 e. The van der Waals surface area contributed by atoms with E-state index in [1.165, 1.54) is 0 Å². The molecule has 0 N–H and O–H groups in total. The number of fused-ring (bicyclic) bond motifs is 2. The molecule has 0 aliphatic heterocycles. The summed E-state index contributed by atoms with van der Waals surface area (Å²) in [4.78, 5) is 21.6. The van der Waals surface area contributed by atoms with Crippen molar-refractivity contribution in [2.75, 3.05) is 0 Å². The number of rotatable bonds is 2. The second kappa shape index (κ2) is 3.12. The van der Waals surface area contributed by atoms with Gasteiger partial charge in [0.05, 0.1) is 0 Å².